The van der Waals surface area contributed by atoms with Gasteiger partial charge in [-0.25, -0.2) is 9.97 Å². The van der Waals surface area contributed by atoms with Gasteiger partial charge in [0.05, 0.1) is 5.52 Å². The molecule has 0 saturated heterocycles. The fourth-order valence-electron chi connectivity index (χ4n) is 2.23. The van der Waals surface area contributed by atoms with Crippen molar-refractivity contribution < 1.29 is 12.4 Å². The molecule has 3 aromatic rings. The SMILES string of the molecule is Cc1cccc(C)c1Nc1ncnc2ccccc12.[Cl-]. The molecule has 0 aliphatic heterocycles. The van der Waals surface area contributed by atoms with Crippen molar-refractivity contribution in [3.8, 4) is 0 Å². The Labute approximate surface area is 124 Å². The second-order valence-corrected chi connectivity index (χ2v) is 4.63. The maximum absolute atomic E-state index is 4.36. The first-order valence-electron chi connectivity index (χ1n) is 6.28. The molecule has 0 saturated carbocycles. The largest absolute Gasteiger partial charge is 1.00 e. The molecular weight excluding hydrogens is 270 g/mol. The number of anilines is 2. The highest BCUT2D eigenvalue weighted by Crippen LogP contribution is 2.26. The fourth-order valence-corrected chi connectivity index (χ4v) is 2.23. The third-order valence-corrected chi connectivity index (χ3v) is 3.27. The highest BCUT2D eigenvalue weighted by atomic mass is 35.5. The van der Waals surface area contributed by atoms with Crippen molar-refractivity contribution in [2.24, 2.45) is 0 Å². The molecule has 0 aliphatic rings. The number of benzene rings is 2. The molecule has 0 bridgehead atoms. The number of para-hydroxylation sites is 2. The smallest absolute Gasteiger partial charge is 0.141 e. The highest BCUT2D eigenvalue weighted by Gasteiger charge is 2.06. The van der Waals surface area contributed by atoms with E-state index in [-0.39, 0.29) is 12.4 Å². The quantitative estimate of drug-likeness (QED) is 0.763. The summed E-state index contributed by atoms with van der Waals surface area (Å²) in [6, 6.07) is 14.3. The normalized spacial score (nSPS) is 10.1. The minimum Gasteiger partial charge on any atom is -1.00 e. The van der Waals surface area contributed by atoms with Gasteiger partial charge in [-0.2, -0.15) is 0 Å². The first-order chi connectivity index (χ1) is 9.25. The van der Waals surface area contributed by atoms with Crippen molar-refractivity contribution in [1.82, 2.24) is 9.97 Å². The lowest BCUT2D eigenvalue weighted by Crippen LogP contribution is -3.00. The van der Waals surface area contributed by atoms with E-state index in [1.165, 1.54) is 11.1 Å². The molecule has 0 amide bonds. The Morgan fingerprint density at radius 3 is 2.30 bits per heavy atom. The molecular formula is C16H15ClN3-. The van der Waals surface area contributed by atoms with Crippen molar-refractivity contribution in [2.45, 2.75) is 13.8 Å². The monoisotopic (exact) mass is 284 g/mol. The van der Waals surface area contributed by atoms with Gasteiger partial charge in [0.2, 0.25) is 0 Å². The van der Waals surface area contributed by atoms with E-state index in [9.17, 15) is 0 Å². The van der Waals surface area contributed by atoms with Gasteiger partial charge in [-0.3, -0.25) is 0 Å². The Morgan fingerprint density at radius 1 is 0.850 bits per heavy atom. The van der Waals surface area contributed by atoms with Gasteiger partial charge in [-0.15, -0.1) is 0 Å². The number of fused-ring (bicyclic) bond motifs is 1. The molecule has 0 atom stereocenters. The Bertz CT molecular complexity index is 715. The molecule has 2 aromatic carbocycles. The fraction of sp³-hybridized carbons (Fsp3) is 0.125. The minimum absolute atomic E-state index is 0. The third kappa shape index (κ3) is 2.58. The van der Waals surface area contributed by atoms with Crippen LogP contribution in [-0.4, -0.2) is 9.97 Å². The molecule has 3 nitrogen and oxygen atoms in total. The maximum atomic E-state index is 4.36. The number of rotatable bonds is 2. The van der Waals surface area contributed by atoms with E-state index in [4.69, 9.17) is 0 Å². The number of hydrogen-bond donors (Lipinski definition) is 1. The lowest BCUT2D eigenvalue weighted by atomic mass is 10.1. The molecule has 0 radical (unpaired) electrons. The average molecular weight is 285 g/mol. The number of aryl methyl sites for hydroxylation is 2. The van der Waals surface area contributed by atoms with E-state index in [0.29, 0.717) is 0 Å². The predicted octanol–water partition coefficient (Wildman–Crippen LogP) is 0.994. The molecule has 0 aliphatic carbocycles. The van der Waals surface area contributed by atoms with Crippen LogP contribution in [0.1, 0.15) is 11.1 Å². The summed E-state index contributed by atoms with van der Waals surface area (Å²) in [5, 5.41) is 4.47. The maximum Gasteiger partial charge on any atom is 0.141 e. The summed E-state index contributed by atoms with van der Waals surface area (Å²) in [6.07, 6.45) is 1.60. The van der Waals surface area contributed by atoms with Crippen LogP contribution < -0.4 is 17.7 Å². The minimum atomic E-state index is 0. The number of hydrogen-bond acceptors (Lipinski definition) is 3. The number of nitrogens with zero attached hydrogens (tertiary/aromatic N) is 2. The predicted molar refractivity (Wildman–Crippen MR) is 78.7 cm³/mol. The molecule has 0 unspecified atom stereocenters. The van der Waals surface area contributed by atoms with Crippen molar-refractivity contribution >= 4 is 22.4 Å². The van der Waals surface area contributed by atoms with Gasteiger partial charge in [0, 0.05) is 11.1 Å². The van der Waals surface area contributed by atoms with Gasteiger partial charge in [-0.1, -0.05) is 30.3 Å². The number of halogens is 1. The van der Waals surface area contributed by atoms with Crippen molar-refractivity contribution in [3.05, 3.63) is 59.9 Å². The third-order valence-electron chi connectivity index (χ3n) is 3.27. The molecule has 20 heavy (non-hydrogen) atoms. The van der Waals surface area contributed by atoms with Crippen LogP contribution in [0.3, 0.4) is 0 Å². The van der Waals surface area contributed by atoms with E-state index in [2.05, 4.69) is 47.3 Å². The molecule has 102 valence electrons. The average Bonchev–Trinajstić information content (AvgIpc) is 2.43. The van der Waals surface area contributed by atoms with E-state index in [1.807, 2.05) is 24.3 Å². The van der Waals surface area contributed by atoms with Crippen LogP contribution in [0.25, 0.3) is 10.9 Å². The second-order valence-electron chi connectivity index (χ2n) is 4.63. The van der Waals surface area contributed by atoms with Crippen molar-refractivity contribution in [2.75, 3.05) is 5.32 Å². The van der Waals surface area contributed by atoms with E-state index in [1.54, 1.807) is 6.33 Å². The van der Waals surface area contributed by atoms with Gasteiger partial charge in [0.15, 0.2) is 0 Å². The van der Waals surface area contributed by atoms with Crippen LogP contribution in [-0.2, 0) is 0 Å². The Hall–Kier alpha value is -2.13. The van der Waals surface area contributed by atoms with E-state index < -0.39 is 0 Å². The zero-order valence-electron chi connectivity index (χ0n) is 11.4. The summed E-state index contributed by atoms with van der Waals surface area (Å²) in [5.74, 6) is 0.850. The Kier molecular flexibility index (Phi) is 4.20. The number of aromatic nitrogens is 2. The molecule has 1 N–H and O–H groups in total. The Morgan fingerprint density at radius 2 is 1.55 bits per heavy atom. The molecule has 3 rings (SSSR count). The lowest BCUT2D eigenvalue weighted by Gasteiger charge is -2.13. The van der Waals surface area contributed by atoms with E-state index in [0.717, 1.165) is 22.4 Å². The standard InChI is InChI=1S/C16H15N3.ClH/c1-11-6-5-7-12(2)15(11)19-16-13-8-3-4-9-14(13)17-10-18-16;/h3-10H,1-2H3,(H,17,18,19);1H/p-1. The van der Waals surface area contributed by atoms with Crippen LogP contribution in [0.5, 0.6) is 0 Å². The van der Waals surface area contributed by atoms with Gasteiger partial charge in [-0.05, 0) is 37.1 Å². The molecule has 0 fully saturated rings. The van der Waals surface area contributed by atoms with Crippen LogP contribution in [0.15, 0.2) is 48.8 Å². The highest BCUT2D eigenvalue weighted by molar-refractivity contribution is 5.90. The van der Waals surface area contributed by atoms with Crippen molar-refractivity contribution in [1.29, 1.82) is 0 Å². The van der Waals surface area contributed by atoms with Gasteiger partial charge < -0.3 is 17.7 Å². The van der Waals surface area contributed by atoms with Crippen LogP contribution >= 0.6 is 0 Å². The van der Waals surface area contributed by atoms with E-state index >= 15 is 0 Å². The van der Waals surface area contributed by atoms with Crippen molar-refractivity contribution in [3.63, 3.8) is 0 Å². The van der Waals surface area contributed by atoms with Gasteiger partial charge in [0.1, 0.15) is 12.1 Å². The van der Waals surface area contributed by atoms with Gasteiger partial charge >= 0.3 is 0 Å². The summed E-state index contributed by atoms with van der Waals surface area (Å²) >= 11 is 0. The first-order valence-corrected chi connectivity index (χ1v) is 6.28. The molecule has 0 spiro atoms. The van der Waals surface area contributed by atoms with Gasteiger partial charge in [0.25, 0.3) is 0 Å². The lowest BCUT2D eigenvalue weighted by molar-refractivity contribution is -0.00000399. The molecule has 1 aromatic heterocycles. The summed E-state index contributed by atoms with van der Waals surface area (Å²) in [4.78, 5) is 8.64. The Balaban J connectivity index is 0.00000147. The zero-order chi connectivity index (χ0) is 13.2. The molecule has 4 heteroatoms. The molecule has 1 heterocycles. The number of nitrogens with one attached hydrogen (secondary N) is 1. The topological polar surface area (TPSA) is 37.8 Å². The summed E-state index contributed by atoms with van der Waals surface area (Å²) < 4.78 is 0. The van der Waals surface area contributed by atoms with Crippen LogP contribution in [0, 0.1) is 13.8 Å². The van der Waals surface area contributed by atoms with Crippen LogP contribution in [0.2, 0.25) is 0 Å². The summed E-state index contributed by atoms with van der Waals surface area (Å²) in [7, 11) is 0. The summed E-state index contributed by atoms with van der Waals surface area (Å²) in [6.45, 7) is 4.19. The second kappa shape index (κ2) is 5.88. The van der Waals surface area contributed by atoms with Crippen LogP contribution in [0.4, 0.5) is 11.5 Å². The first kappa shape index (κ1) is 14.3. The zero-order valence-corrected chi connectivity index (χ0v) is 12.1. The summed E-state index contributed by atoms with van der Waals surface area (Å²) in [5.41, 5.74) is 4.49.